The lowest BCUT2D eigenvalue weighted by Crippen LogP contribution is -2.62. The molecule has 2 aliphatic heterocycles. The highest BCUT2D eigenvalue weighted by Gasteiger charge is 2.58. The third kappa shape index (κ3) is 6.64. The fourth-order valence-electron chi connectivity index (χ4n) is 6.55. The number of fused-ring (bicyclic) bond motifs is 2. The summed E-state index contributed by atoms with van der Waals surface area (Å²) in [6.45, 7) is 10.9. The average Bonchev–Trinajstić information content (AvgIpc) is 3.13. The number of aromatic amines is 2. The van der Waals surface area contributed by atoms with Crippen LogP contribution in [0.5, 0.6) is 23.3 Å². The maximum atomic E-state index is 11.4. The van der Waals surface area contributed by atoms with E-state index in [-0.39, 0.29) is 22.9 Å². The second kappa shape index (κ2) is 13.9. The van der Waals surface area contributed by atoms with E-state index in [1.165, 1.54) is 24.3 Å². The molecule has 4 aromatic rings. The molecule has 0 saturated heterocycles. The molecule has 0 aliphatic carbocycles. The third-order valence-electron chi connectivity index (χ3n) is 10.1. The van der Waals surface area contributed by atoms with Crippen LogP contribution < -0.4 is 30.1 Å². The summed E-state index contributed by atoms with van der Waals surface area (Å²) in [7, 11) is 0. The van der Waals surface area contributed by atoms with Crippen molar-refractivity contribution in [2.45, 2.75) is 95.4 Å². The summed E-state index contributed by atoms with van der Waals surface area (Å²) in [4.78, 5) is 22.4. The topological polar surface area (TPSA) is 216 Å². The van der Waals surface area contributed by atoms with Gasteiger partial charge < -0.3 is 29.2 Å². The lowest BCUT2D eigenvalue weighted by Gasteiger charge is -2.51. The van der Waals surface area contributed by atoms with Crippen LogP contribution in [0, 0.1) is 22.7 Å². The molecule has 6 rings (SSSR count). The van der Waals surface area contributed by atoms with Gasteiger partial charge in [-0.2, -0.15) is 10.5 Å². The van der Waals surface area contributed by atoms with Crippen molar-refractivity contribution in [1.82, 2.24) is 20.4 Å². The van der Waals surface area contributed by atoms with E-state index in [1.807, 2.05) is 27.7 Å². The Morgan fingerprint density at radius 3 is 1.55 bits per heavy atom. The lowest BCUT2D eigenvalue weighted by molar-refractivity contribution is -0.193. The molecular weight excluding hydrogens is 656 g/mol. The van der Waals surface area contributed by atoms with Crippen molar-refractivity contribution in [3.05, 3.63) is 104 Å². The zero-order valence-electron chi connectivity index (χ0n) is 29.2. The molecule has 0 amide bonds. The third-order valence-corrected chi connectivity index (χ3v) is 10.1. The number of nitrogens with zero attached hydrogens (tertiary/aromatic N) is 4. The summed E-state index contributed by atoms with van der Waals surface area (Å²) in [5.74, 6) is 1.45. The van der Waals surface area contributed by atoms with Crippen LogP contribution in [0.4, 0.5) is 0 Å². The summed E-state index contributed by atoms with van der Waals surface area (Å²) in [6, 6.07) is 19.7. The van der Waals surface area contributed by atoms with E-state index in [4.69, 9.17) is 18.9 Å². The van der Waals surface area contributed by atoms with Gasteiger partial charge in [-0.1, -0.05) is 20.8 Å². The second-order valence-electron chi connectivity index (χ2n) is 13.0. The summed E-state index contributed by atoms with van der Waals surface area (Å²) < 4.78 is 24.2. The maximum Gasteiger partial charge on any atom is 0.264 e. The molecule has 0 fully saturated rings. The number of aromatic nitrogens is 4. The molecule has 14 heteroatoms. The Morgan fingerprint density at radius 2 is 1.16 bits per heavy atom. The van der Waals surface area contributed by atoms with E-state index in [1.54, 1.807) is 50.2 Å². The van der Waals surface area contributed by atoms with E-state index in [0.29, 0.717) is 53.0 Å². The van der Waals surface area contributed by atoms with E-state index >= 15 is 0 Å². The molecular formula is C37H40N6O8. The smallest absolute Gasteiger partial charge is 0.264 e. The number of hydrogen-bond donors (Lipinski definition) is 4. The molecule has 266 valence electrons. The molecule has 0 spiro atoms. The summed E-state index contributed by atoms with van der Waals surface area (Å²) in [6.07, 6.45) is 0.0213. The lowest BCUT2D eigenvalue weighted by atomic mass is 9.72. The Morgan fingerprint density at radius 1 is 0.706 bits per heavy atom. The number of nitriles is 2. The second-order valence-corrected chi connectivity index (χ2v) is 13.0. The quantitative estimate of drug-likeness (QED) is 0.210. The van der Waals surface area contributed by atoms with Gasteiger partial charge in [0.25, 0.3) is 11.1 Å². The molecule has 5 unspecified atom stereocenters. The van der Waals surface area contributed by atoms with Crippen molar-refractivity contribution in [3.63, 3.8) is 0 Å². The molecule has 2 aromatic heterocycles. The minimum absolute atomic E-state index is 0.165. The molecule has 5 atom stereocenters. The van der Waals surface area contributed by atoms with Gasteiger partial charge in [0.15, 0.2) is 12.2 Å². The van der Waals surface area contributed by atoms with Gasteiger partial charge >= 0.3 is 0 Å². The van der Waals surface area contributed by atoms with Crippen molar-refractivity contribution in [3.8, 4) is 35.4 Å². The fourth-order valence-corrected chi connectivity index (χ4v) is 6.55. The minimum Gasteiger partial charge on any atom is -0.484 e. The number of ether oxygens (including phenoxy) is 4. The highest BCUT2D eigenvalue weighted by Crippen LogP contribution is 2.51. The van der Waals surface area contributed by atoms with Gasteiger partial charge in [0.1, 0.15) is 33.9 Å². The predicted octanol–water partition coefficient (Wildman–Crippen LogP) is 4.54. The molecule has 0 radical (unpaired) electrons. The van der Waals surface area contributed by atoms with Crippen molar-refractivity contribution < 1.29 is 29.2 Å². The first-order valence-electron chi connectivity index (χ1n) is 16.5. The monoisotopic (exact) mass is 696 g/mol. The van der Waals surface area contributed by atoms with Crippen LogP contribution in [0.2, 0.25) is 0 Å². The van der Waals surface area contributed by atoms with Crippen LogP contribution in [0.1, 0.15) is 95.3 Å². The predicted molar refractivity (Wildman–Crippen MR) is 183 cm³/mol. The van der Waals surface area contributed by atoms with E-state index in [9.17, 15) is 30.3 Å². The van der Waals surface area contributed by atoms with E-state index in [0.717, 1.165) is 0 Å². The van der Waals surface area contributed by atoms with Gasteiger partial charge in [0.05, 0.1) is 23.3 Å². The van der Waals surface area contributed by atoms with Crippen molar-refractivity contribution in [1.29, 1.82) is 10.5 Å². The normalized spacial score (nSPS) is 25.5. The Kier molecular flexibility index (Phi) is 9.97. The van der Waals surface area contributed by atoms with E-state index < -0.39 is 34.6 Å². The molecule has 14 nitrogen and oxygen atoms in total. The Balaban J connectivity index is 0.000000198. The summed E-state index contributed by atoms with van der Waals surface area (Å²) >= 11 is 0. The van der Waals surface area contributed by atoms with Gasteiger partial charge in [-0.15, -0.1) is 10.2 Å². The standard InChI is InChI=1S/C19H21N3O4.C18H19N3O4/c1-4-19(5-2)18(3,24)17(25-16-9-8-15(23)21-22-16)13-10-12(11-20)6-7-14(13)26-19;1-4-17(2)18(3,23)16(24-15-8-7-14(22)20-21-15)12-9-11(10-19)5-6-13(12)25-17/h6-10,17,24H,4-5H2,1-3H3,(H,21,23);5-9,16,23H,4H2,1-3H3,(H,20,22). The van der Waals surface area contributed by atoms with Crippen molar-refractivity contribution in [2.24, 2.45) is 0 Å². The SMILES string of the molecule is CCC1(C)Oc2ccc(C#N)cc2C(Oc2ccc(=O)[nH]n2)C1(C)O.CCC1(CC)Oc2ccc(C#N)cc2C(Oc2ccc(=O)[nH]n2)C1(C)O. The van der Waals surface area contributed by atoms with Gasteiger partial charge in [0.2, 0.25) is 11.8 Å². The largest absolute Gasteiger partial charge is 0.484 e. The summed E-state index contributed by atoms with van der Waals surface area (Å²) in [5, 5.41) is 53.4. The van der Waals surface area contributed by atoms with Crippen LogP contribution in [0.15, 0.2) is 70.3 Å². The number of aliphatic hydroxyl groups is 2. The molecule has 0 bridgehead atoms. The zero-order chi connectivity index (χ0) is 37.2. The number of hydrogen-bond acceptors (Lipinski definition) is 12. The van der Waals surface area contributed by atoms with Gasteiger partial charge in [-0.3, -0.25) is 9.59 Å². The van der Waals surface area contributed by atoms with E-state index in [2.05, 4.69) is 32.5 Å². The van der Waals surface area contributed by atoms with Crippen LogP contribution in [0.3, 0.4) is 0 Å². The fraction of sp³-hybridized carbons (Fsp3) is 0.405. The van der Waals surface area contributed by atoms with Crippen LogP contribution in [-0.2, 0) is 0 Å². The molecule has 4 heterocycles. The highest BCUT2D eigenvalue weighted by atomic mass is 16.6. The van der Waals surface area contributed by atoms with Gasteiger partial charge in [-0.05, 0) is 76.4 Å². The van der Waals surface area contributed by atoms with Crippen LogP contribution in [-0.4, -0.2) is 53.0 Å². The molecule has 4 N–H and O–H groups in total. The molecule has 0 saturated carbocycles. The Bertz CT molecular complexity index is 2070. The van der Waals surface area contributed by atoms with Gasteiger partial charge in [0, 0.05) is 35.4 Å². The Hall–Kier alpha value is -5.70. The first kappa shape index (κ1) is 36.6. The van der Waals surface area contributed by atoms with Crippen molar-refractivity contribution in [2.75, 3.05) is 0 Å². The molecule has 51 heavy (non-hydrogen) atoms. The molecule has 2 aromatic carbocycles. The van der Waals surface area contributed by atoms with Gasteiger partial charge in [-0.25, -0.2) is 10.2 Å². The highest BCUT2D eigenvalue weighted by molar-refractivity contribution is 5.48. The minimum atomic E-state index is -1.40. The first-order valence-corrected chi connectivity index (χ1v) is 16.5. The number of rotatable bonds is 7. The summed E-state index contributed by atoms with van der Waals surface area (Å²) in [5.41, 5.74) is -3.26. The first-order chi connectivity index (χ1) is 24.2. The van der Waals surface area contributed by atoms with Crippen molar-refractivity contribution >= 4 is 0 Å². The number of nitrogens with one attached hydrogen (secondary N) is 2. The van der Waals surface area contributed by atoms with Crippen LogP contribution in [0.25, 0.3) is 0 Å². The average molecular weight is 697 g/mol. The maximum absolute atomic E-state index is 11.4. The number of H-pyrrole nitrogens is 2. The van der Waals surface area contributed by atoms with Crippen LogP contribution >= 0.6 is 0 Å². The zero-order valence-corrected chi connectivity index (χ0v) is 29.2. The Labute approximate surface area is 294 Å². The number of benzene rings is 2. The molecule has 2 aliphatic rings.